The third-order valence-electron chi connectivity index (χ3n) is 1.95. The van der Waals surface area contributed by atoms with Gasteiger partial charge in [-0.05, 0) is 31.2 Å². The molecule has 0 bridgehead atoms. The average molecular weight is 212 g/mol. The fraction of sp³-hybridized carbons (Fsp3) is 0.222. The number of rotatable bonds is 1. The van der Waals surface area contributed by atoms with Crippen LogP contribution in [-0.4, -0.2) is 12.2 Å². The Hall–Kier alpha value is -1.26. The minimum Gasteiger partial charge on any atom is -0.320 e. The van der Waals surface area contributed by atoms with E-state index in [1.54, 1.807) is 24.3 Å². The second kappa shape index (κ2) is 3.48. The summed E-state index contributed by atoms with van der Waals surface area (Å²) in [5.74, 6) is 0. The molecule has 1 aromatic carbocycles. The van der Waals surface area contributed by atoms with Crippen LogP contribution < -0.4 is 15.8 Å². The molecular formula is C9H10ClN3O. The molecule has 1 aliphatic heterocycles. The van der Waals surface area contributed by atoms with Crippen molar-refractivity contribution in [2.24, 2.45) is 0 Å². The molecule has 2 rings (SSSR count). The van der Waals surface area contributed by atoms with Crippen molar-refractivity contribution in [2.45, 2.75) is 13.1 Å². The van der Waals surface area contributed by atoms with Gasteiger partial charge in [0, 0.05) is 5.02 Å². The van der Waals surface area contributed by atoms with Gasteiger partial charge in [-0.15, -0.1) is 0 Å². The summed E-state index contributed by atoms with van der Waals surface area (Å²) >= 11 is 5.74. The Kier molecular flexibility index (Phi) is 2.31. The molecule has 2 amide bonds. The van der Waals surface area contributed by atoms with Gasteiger partial charge in [0.05, 0.1) is 11.9 Å². The molecule has 14 heavy (non-hydrogen) atoms. The number of nitrogens with zero attached hydrogens (tertiary/aromatic N) is 1. The van der Waals surface area contributed by atoms with Crippen molar-refractivity contribution in [2.75, 3.05) is 5.01 Å². The first-order chi connectivity index (χ1) is 6.66. The Bertz CT molecular complexity index is 352. The maximum absolute atomic E-state index is 11.4. The quantitative estimate of drug-likeness (QED) is 0.743. The first-order valence-corrected chi connectivity index (χ1v) is 4.67. The molecule has 1 unspecified atom stereocenters. The van der Waals surface area contributed by atoms with E-state index in [1.165, 1.54) is 5.01 Å². The van der Waals surface area contributed by atoms with Crippen molar-refractivity contribution in [1.82, 2.24) is 10.7 Å². The molecule has 4 nitrogen and oxygen atoms in total. The van der Waals surface area contributed by atoms with Gasteiger partial charge < -0.3 is 5.32 Å². The van der Waals surface area contributed by atoms with Gasteiger partial charge in [-0.2, -0.15) is 0 Å². The van der Waals surface area contributed by atoms with Crippen LogP contribution in [0.15, 0.2) is 24.3 Å². The molecule has 0 spiro atoms. The van der Waals surface area contributed by atoms with Crippen LogP contribution in [0.3, 0.4) is 0 Å². The van der Waals surface area contributed by atoms with E-state index >= 15 is 0 Å². The number of hydrogen-bond acceptors (Lipinski definition) is 2. The summed E-state index contributed by atoms with van der Waals surface area (Å²) < 4.78 is 0. The molecule has 1 saturated heterocycles. The van der Waals surface area contributed by atoms with Crippen LogP contribution in [0.1, 0.15) is 6.92 Å². The standard InChI is InChI=1S/C9H10ClN3O/c1-6-11-9(14)13(12-6)8-4-2-7(10)3-5-8/h2-6,12H,1H3,(H,11,14). The fourth-order valence-corrected chi connectivity index (χ4v) is 1.44. The van der Waals surface area contributed by atoms with E-state index in [4.69, 9.17) is 11.6 Å². The highest BCUT2D eigenvalue weighted by Gasteiger charge is 2.25. The fourth-order valence-electron chi connectivity index (χ4n) is 1.32. The molecule has 2 N–H and O–H groups in total. The van der Waals surface area contributed by atoms with Gasteiger partial charge in [-0.1, -0.05) is 11.6 Å². The smallest absolute Gasteiger partial charge is 0.320 e. The van der Waals surface area contributed by atoms with Gasteiger partial charge in [0.2, 0.25) is 0 Å². The number of carbonyl (C=O) groups is 1. The van der Waals surface area contributed by atoms with Gasteiger partial charge in [0.25, 0.3) is 0 Å². The first kappa shape index (κ1) is 9.30. The highest BCUT2D eigenvalue weighted by molar-refractivity contribution is 6.30. The molecule has 0 aliphatic carbocycles. The molecule has 1 fully saturated rings. The van der Waals surface area contributed by atoms with Crippen molar-refractivity contribution in [1.29, 1.82) is 0 Å². The molecule has 0 saturated carbocycles. The molecule has 1 atom stereocenters. The maximum atomic E-state index is 11.4. The maximum Gasteiger partial charge on any atom is 0.337 e. The lowest BCUT2D eigenvalue weighted by molar-refractivity contribution is 0.251. The van der Waals surface area contributed by atoms with Crippen LogP contribution in [0.5, 0.6) is 0 Å². The van der Waals surface area contributed by atoms with E-state index in [0.717, 1.165) is 5.69 Å². The normalized spacial score (nSPS) is 21.1. The molecule has 5 heteroatoms. The van der Waals surface area contributed by atoms with Gasteiger partial charge in [0.15, 0.2) is 0 Å². The lowest BCUT2D eigenvalue weighted by atomic mass is 10.3. The van der Waals surface area contributed by atoms with Crippen molar-refractivity contribution < 1.29 is 4.79 Å². The van der Waals surface area contributed by atoms with Gasteiger partial charge in [0.1, 0.15) is 0 Å². The Morgan fingerprint density at radius 2 is 2.00 bits per heavy atom. The Labute approximate surface area is 86.8 Å². The Balaban J connectivity index is 2.23. The predicted octanol–water partition coefficient (Wildman–Crippen LogP) is 1.72. The number of hydrogen-bond donors (Lipinski definition) is 2. The predicted molar refractivity (Wildman–Crippen MR) is 55.1 cm³/mol. The molecular weight excluding hydrogens is 202 g/mol. The summed E-state index contributed by atoms with van der Waals surface area (Å²) in [6, 6.07) is 6.91. The summed E-state index contributed by atoms with van der Waals surface area (Å²) in [7, 11) is 0. The summed E-state index contributed by atoms with van der Waals surface area (Å²) in [5, 5.41) is 4.84. The second-order valence-corrected chi connectivity index (χ2v) is 3.55. The molecule has 0 aromatic heterocycles. The summed E-state index contributed by atoms with van der Waals surface area (Å²) in [5.41, 5.74) is 3.74. The van der Waals surface area contributed by atoms with Gasteiger partial charge >= 0.3 is 6.03 Å². The van der Waals surface area contributed by atoms with Crippen molar-refractivity contribution in [3.63, 3.8) is 0 Å². The zero-order chi connectivity index (χ0) is 10.1. The molecule has 1 aromatic rings. The second-order valence-electron chi connectivity index (χ2n) is 3.11. The SMILES string of the molecule is CC1NC(=O)N(c2ccc(Cl)cc2)N1. The molecule has 0 radical (unpaired) electrons. The van der Waals surface area contributed by atoms with E-state index in [0.29, 0.717) is 5.02 Å². The number of carbonyl (C=O) groups excluding carboxylic acids is 1. The first-order valence-electron chi connectivity index (χ1n) is 4.29. The Morgan fingerprint density at radius 3 is 2.50 bits per heavy atom. The summed E-state index contributed by atoms with van der Waals surface area (Å²) in [4.78, 5) is 11.4. The highest BCUT2D eigenvalue weighted by Crippen LogP contribution is 2.18. The average Bonchev–Trinajstić information content (AvgIpc) is 2.47. The van der Waals surface area contributed by atoms with Crippen LogP contribution >= 0.6 is 11.6 Å². The molecule has 1 heterocycles. The van der Waals surface area contributed by atoms with Gasteiger partial charge in [-0.25, -0.2) is 15.2 Å². The summed E-state index contributed by atoms with van der Waals surface area (Å²) in [6.07, 6.45) is -0.0434. The van der Waals surface area contributed by atoms with E-state index in [9.17, 15) is 4.79 Å². The lowest BCUT2D eigenvalue weighted by Gasteiger charge is -2.14. The van der Waals surface area contributed by atoms with Crippen LogP contribution in [0.25, 0.3) is 0 Å². The van der Waals surface area contributed by atoms with Crippen LogP contribution in [0.4, 0.5) is 10.5 Å². The van der Waals surface area contributed by atoms with E-state index in [1.807, 2.05) is 6.92 Å². The third-order valence-corrected chi connectivity index (χ3v) is 2.20. The number of amides is 2. The van der Waals surface area contributed by atoms with E-state index in [2.05, 4.69) is 10.7 Å². The van der Waals surface area contributed by atoms with E-state index in [-0.39, 0.29) is 12.2 Å². The van der Waals surface area contributed by atoms with Gasteiger partial charge in [-0.3, -0.25) is 0 Å². The van der Waals surface area contributed by atoms with Crippen molar-refractivity contribution >= 4 is 23.3 Å². The Morgan fingerprint density at radius 1 is 1.36 bits per heavy atom. The molecule has 1 aliphatic rings. The largest absolute Gasteiger partial charge is 0.337 e. The highest BCUT2D eigenvalue weighted by atomic mass is 35.5. The number of halogens is 1. The number of benzene rings is 1. The molecule has 74 valence electrons. The third kappa shape index (κ3) is 1.66. The van der Waals surface area contributed by atoms with E-state index < -0.39 is 0 Å². The number of nitrogens with one attached hydrogen (secondary N) is 2. The zero-order valence-corrected chi connectivity index (χ0v) is 8.38. The topological polar surface area (TPSA) is 44.4 Å². The zero-order valence-electron chi connectivity index (χ0n) is 7.62. The minimum atomic E-state index is -0.153. The number of hydrazine groups is 1. The van der Waals surface area contributed by atoms with Crippen LogP contribution in [0, 0.1) is 0 Å². The van der Waals surface area contributed by atoms with Crippen LogP contribution in [-0.2, 0) is 0 Å². The summed E-state index contributed by atoms with van der Waals surface area (Å²) in [6.45, 7) is 1.87. The lowest BCUT2D eigenvalue weighted by Crippen LogP contribution is -2.35. The van der Waals surface area contributed by atoms with Crippen LogP contribution in [0.2, 0.25) is 5.02 Å². The number of urea groups is 1. The van der Waals surface area contributed by atoms with Crippen molar-refractivity contribution in [3.8, 4) is 0 Å². The van der Waals surface area contributed by atoms with Crippen molar-refractivity contribution in [3.05, 3.63) is 29.3 Å². The minimum absolute atomic E-state index is 0.0434. The monoisotopic (exact) mass is 211 g/mol. The number of anilines is 1.